The molecule has 0 aliphatic heterocycles. The van der Waals surface area contributed by atoms with Crippen LogP contribution in [-0.4, -0.2) is 6.26 Å². The molecule has 1 N–H and O–H groups in total. The van der Waals surface area contributed by atoms with Crippen LogP contribution >= 0.6 is 11.9 Å². The van der Waals surface area contributed by atoms with E-state index in [9.17, 15) is 0 Å². The van der Waals surface area contributed by atoms with E-state index in [2.05, 4.69) is 84.4 Å². The van der Waals surface area contributed by atoms with Gasteiger partial charge in [0, 0.05) is 11.8 Å². The third-order valence-electron chi connectivity index (χ3n) is 3.70. The van der Waals surface area contributed by atoms with Gasteiger partial charge in [-0.3, -0.25) is 0 Å². The van der Waals surface area contributed by atoms with Crippen LogP contribution in [0.1, 0.15) is 5.56 Å². The summed E-state index contributed by atoms with van der Waals surface area (Å²) < 4.78 is 3.38. The fourth-order valence-electron chi connectivity index (χ4n) is 2.53. The second-order valence-electron chi connectivity index (χ2n) is 5.30. The maximum Gasteiger partial charge on any atom is 0.0519 e. The molecule has 22 heavy (non-hydrogen) atoms. The average Bonchev–Trinajstić information content (AvgIpc) is 2.57. The first-order chi connectivity index (χ1) is 10.8. The molecule has 0 fully saturated rings. The van der Waals surface area contributed by atoms with Crippen LogP contribution in [0.3, 0.4) is 0 Å². The number of anilines is 1. The van der Waals surface area contributed by atoms with Gasteiger partial charge in [-0.2, -0.15) is 0 Å². The number of benzene rings is 3. The first kappa shape index (κ1) is 14.7. The Labute approximate surface area is 136 Å². The monoisotopic (exact) mass is 305 g/mol. The summed E-state index contributed by atoms with van der Waals surface area (Å²) in [6.45, 7) is 2.12. The van der Waals surface area contributed by atoms with Gasteiger partial charge in [0.15, 0.2) is 0 Å². The lowest BCUT2D eigenvalue weighted by Crippen LogP contribution is -1.91. The molecule has 0 aromatic heterocycles. The summed E-state index contributed by atoms with van der Waals surface area (Å²) >= 11 is 1.62. The van der Waals surface area contributed by atoms with E-state index in [-0.39, 0.29) is 0 Å². The molecule has 0 heterocycles. The Morgan fingerprint density at radius 3 is 2.09 bits per heavy atom. The molecule has 2 heteroatoms. The maximum absolute atomic E-state index is 3.38. The molecule has 0 aliphatic rings. The molecule has 110 valence electrons. The van der Waals surface area contributed by atoms with Gasteiger partial charge >= 0.3 is 0 Å². The molecule has 0 spiro atoms. The zero-order valence-electron chi connectivity index (χ0n) is 12.8. The minimum Gasteiger partial charge on any atom is -0.329 e. The summed E-state index contributed by atoms with van der Waals surface area (Å²) in [5.74, 6) is 0. The van der Waals surface area contributed by atoms with Gasteiger partial charge in [0.1, 0.15) is 0 Å². The summed E-state index contributed by atoms with van der Waals surface area (Å²) in [5.41, 5.74) is 7.38. The van der Waals surface area contributed by atoms with E-state index in [0.717, 1.165) is 5.69 Å². The number of hydrogen-bond donors (Lipinski definition) is 1. The topological polar surface area (TPSA) is 12.0 Å². The Kier molecular flexibility index (Phi) is 4.50. The molecule has 3 aromatic carbocycles. The van der Waals surface area contributed by atoms with Crippen LogP contribution in [0.5, 0.6) is 0 Å². The van der Waals surface area contributed by atoms with Gasteiger partial charge in [0.25, 0.3) is 0 Å². The fourth-order valence-corrected chi connectivity index (χ4v) is 2.92. The normalized spacial score (nSPS) is 10.5. The van der Waals surface area contributed by atoms with Crippen LogP contribution in [0.2, 0.25) is 0 Å². The Morgan fingerprint density at radius 2 is 1.41 bits per heavy atom. The molecule has 3 rings (SSSR count). The van der Waals surface area contributed by atoms with Crippen molar-refractivity contribution in [3.05, 3.63) is 78.4 Å². The van der Waals surface area contributed by atoms with E-state index in [0.29, 0.717) is 0 Å². The number of aryl methyl sites for hydroxylation is 1. The summed E-state index contributed by atoms with van der Waals surface area (Å²) in [7, 11) is 0. The summed E-state index contributed by atoms with van der Waals surface area (Å²) in [6, 6.07) is 25.8. The van der Waals surface area contributed by atoms with E-state index >= 15 is 0 Å². The van der Waals surface area contributed by atoms with Gasteiger partial charge in [0.05, 0.1) is 5.69 Å². The highest BCUT2D eigenvalue weighted by molar-refractivity contribution is 7.99. The van der Waals surface area contributed by atoms with E-state index in [1.165, 1.54) is 27.8 Å². The van der Waals surface area contributed by atoms with Crippen molar-refractivity contribution in [2.24, 2.45) is 0 Å². The molecule has 3 aromatic rings. The number of hydrogen-bond acceptors (Lipinski definition) is 2. The fraction of sp³-hybridized carbons (Fsp3) is 0.100. The second kappa shape index (κ2) is 6.71. The predicted octanol–water partition coefficient (Wildman–Crippen LogP) is 6.02. The van der Waals surface area contributed by atoms with Crippen LogP contribution in [-0.2, 0) is 0 Å². The van der Waals surface area contributed by atoms with E-state index in [1.807, 2.05) is 6.26 Å². The highest BCUT2D eigenvalue weighted by atomic mass is 32.2. The van der Waals surface area contributed by atoms with Crippen LogP contribution in [0, 0.1) is 6.92 Å². The van der Waals surface area contributed by atoms with Crippen LogP contribution in [0.15, 0.2) is 72.8 Å². The summed E-state index contributed by atoms with van der Waals surface area (Å²) in [4.78, 5) is 0. The van der Waals surface area contributed by atoms with Crippen molar-refractivity contribution in [2.45, 2.75) is 6.92 Å². The van der Waals surface area contributed by atoms with Crippen molar-refractivity contribution in [1.29, 1.82) is 0 Å². The summed E-state index contributed by atoms with van der Waals surface area (Å²) in [5, 5.41) is 0. The zero-order valence-corrected chi connectivity index (χ0v) is 13.7. The number of rotatable bonds is 4. The van der Waals surface area contributed by atoms with E-state index in [4.69, 9.17) is 0 Å². The minimum absolute atomic E-state index is 1.15. The average molecular weight is 305 g/mol. The SMILES string of the molecule is CSNc1ccc(-c2ccc(C)cc2)cc1-c1ccccc1. The Hall–Kier alpha value is -2.19. The zero-order chi connectivity index (χ0) is 15.4. The van der Waals surface area contributed by atoms with Gasteiger partial charge in [-0.05, 0) is 35.7 Å². The van der Waals surface area contributed by atoms with Gasteiger partial charge in [-0.1, -0.05) is 78.2 Å². The van der Waals surface area contributed by atoms with Gasteiger partial charge < -0.3 is 4.72 Å². The molecule has 0 atom stereocenters. The lowest BCUT2D eigenvalue weighted by Gasteiger charge is -2.13. The van der Waals surface area contributed by atoms with Gasteiger partial charge in [-0.15, -0.1) is 0 Å². The molecule has 0 saturated heterocycles. The molecule has 0 bridgehead atoms. The standard InChI is InChI=1S/C20H19NS/c1-15-8-10-16(11-9-15)18-12-13-20(21-22-2)19(14-18)17-6-4-3-5-7-17/h3-14,21H,1-2H3. The Morgan fingerprint density at radius 1 is 0.727 bits per heavy atom. The third-order valence-corrected chi connectivity index (χ3v) is 4.13. The lowest BCUT2D eigenvalue weighted by molar-refractivity contribution is 1.47. The molecule has 0 unspecified atom stereocenters. The van der Waals surface area contributed by atoms with E-state index in [1.54, 1.807) is 11.9 Å². The van der Waals surface area contributed by atoms with Crippen molar-refractivity contribution in [3.63, 3.8) is 0 Å². The van der Waals surface area contributed by atoms with Crippen molar-refractivity contribution >= 4 is 17.6 Å². The lowest BCUT2D eigenvalue weighted by atomic mass is 9.97. The quantitative estimate of drug-likeness (QED) is 0.592. The maximum atomic E-state index is 3.38. The van der Waals surface area contributed by atoms with Crippen molar-refractivity contribution in [3.8, 4) is 22.3 Å². The largest absolute Gasteiger partial charge is 0.329 e. The van der Waals surface area contributed by atoms with Crippen LogP contribution in [0.4, 0.5) is 5.69 Å². The molecule has 0 saturated carbocycles. The first-order valence-corrected chi connectivity index (χ1v) is 8.56. The molecular weight excluding hydrogens is 286 g/mol. The Bertz CT molecular complexity index is 748. The minimum atomic E-state index is 1.15. The van der Waals surface area contributed by atoms with Gasteiger partial charge in [0.2, 0.25) is 0 Å². The van der Waals surface area contributed by atoms with Crippen molar-refractivity contribution < 1.29 is 0 Å². The van der Waals surface area contributed by atoms with Crippen LogP contribution in [0.25, 0.3) is 22.3 Å². The molecular formula is C20H19NS. The van der Waals surface area contributed by atoms with Crippen LogP contribution < -0.4 is 4.72 Å². The first-order valence-electron chi connectivity index (χ1n) is 7.33. The smallest absolute Gasteiger partial charge is 0.0519 e. The molecule has 0 amide bonds. The Balaban J connectivity index is 2.09. The highest BCUT2D eigenvalue weighted by Crippen LogP contribution is 2.33. The number of nitrogens with one attached hydrogen (secondary N) is 1. The van der Waals surface area contributed by atoms with Crippen molar-refractivity contribution in [2.75, 3.05) is 11.0 Å². The third kappa shape index (κ3) is 3.18. The predicted molar refractivity (Wildman–Crippen MR) is 99.2 cm³/mol. The molecule has 0 aliphatic carbocycles. The second-order valence-corrected chi connectivity index (χ2v) is 5.91. The molecule has 0 radical (unpaired) electrons. The summed E-state index contributed by atoms with van der Waals surface area (Å²) in [6.07, 6.45) is 2.04. The highest BCUT2D eigenvalue weighted by Gasteiger charge is 2.07. The van der Waals surface area contributed by atoms with E-state index < -0.39 is 0 Å². The van der Waals surface area contributed by atoms with Gasteiger partial charge in [-0.25, -0.2) is 0 Å². The molecule has 1 nitrogen and oxygen atoms in total. The van der Waals surface area contributed by atoms with Crippen molar-refractivity contribution in [1.82, 2.24) is 0 Å².